The Labute approximate surface area is 159 Å². The van der Waals surface area contributed by atoms with Crippen LogP contribution in [0.25, 0.3) is 0 Å². The summed E-state index contributed by atoms with van der Waals surface area (Å²) in [5, 5.41) is 6.97. The quantitative estimate of drug-likeness (QED) is 0.447. The molecule has 0 heterocycles. The van der Waals surface area contributed by atoms with Crippen molar-refractivity contribution in [1.82, 2.24) is 0 Å². The maximum Gasteiger partial charge on any atom is 0.121 e. The molecule has 0 spiro atoms. The second-order valence-corrected chi connectivity index (χ2v) is 6.89. The molecule has 2 aromatic carbocycles. The SMILES string of the molecule is CCCCCCCOc1cccc(NCCNc2cccc(C)c2C)c1. The maximum absolute atomic E-state index is 5.88. The van der Waals surface area contributed by atoms with E-state index in [0.717, 1.165) is 37.6 Å². The van der Waals surface area contributed by atoms with Gasteiger partial charge in [0.15, 0.2) is 0 Å². The molecular weight excluding hydrogens is 320 g/mol. The standard InChI is InChI=1S/C23H34N2O/c1-4-5-6-7-8-17-26-22-13-10-12-21(18-22)24-15-16-25-23-14-9-11-19(2)20(23)3/h9-14,18,24-25H,4-8,15-17H2,1-3H3. The second-order valence-electron chi connectivity index (χ2n) is 6.89. The van der Waals surface area contributed by atoms with Crippen molar-refractivity contribution in [3.05, 3.63) is 53.6 Å². The summed E-state index contributed by atoms with van der Waals surface area (Å²) in [6.45, 7) is 9.11. The number of rotatable bonds is 12. The van der Waals surface area contributed by atoms with Crippen LogP contribution in [-0.4, -0.2) is 19.7 Å². The monoisotopic (exact) mass is 354 g/mol. The van der Waals surface area contributed by atoms with E-state index in [1.54, 1.807) is 0 Å². The minimum Gasteiger partial charge on any atom is -0.494 e. The molecule has 0 radical (unpaired) electrons. The lowest BCUT2D eigenvalue weighted by Gasteiger charge is -2.13. The number of unbranched alkanes of at least 4 members (excludes halogenated alkanes) is 4. The molecule has 3 heteroatoms. The number of hydrogen-bond donors (Lipinski definition) is 2. The van der Waals surface area contributed by atoms with Crippen LogP contribution in [0.2, 0.25) is 0 Å². The Bertz CT molecular complexity index is 654. The minimum absolute atomic E-state index is 0.807. The fourth-order valence-electron chi connectivity index (χ4n) is 2.94. The Morgan fingerprint density at radius 3 is 2.46 bits per heavy atom. The number of benzene rings is 2. The van der Waals surface area contributed by atoms with Crippen molar-refractivity contribution in [2.24, 2.45) is 0 Å². The van der Waals surface area contributed by atoms with Gasteiger partial charge in [-0.15, -0.1) is 0 Å². The number of ether oxygens (including phenoxy) is 1. The highest BCUT2D eigenvalue weighted by Crippen LogP contribution is 2.19. The summed E-state index contributed by atoms with van der Waals surface area (Å²) in [6, 6.07) is 14.6. The third-order valence-electron chi connectivity index (χ3n) is 4.72. The van der Waals surface area contributed by atoms with Gasteiger partial charge < -0.3 is 15.4 Å². The van der Waals surface area contributed by atoms with Gasteiger partial charge in [0.05, 0.1) is 6.61 Å². The molecule has 0 saturated heterocycles. The van der Waals surface area contributed by atoms with Crippen molar-refractivity contribution < 1.29 is 4.74 Å². The summed E-state index contributed by atoms with van der Waals surface area (Å²) in [7, 11) is 0. The first-order valence-electron chi connectivity index (χ1n) is 9.97. The smallest absolute Gasteiger partial charge is 0.121 e. The normalized spacial score (nSPS) is 10.6. The molecule has 0 aliphatic heterocycles. The van der Waals surface area contributed by atoms with Crippen molar-refractivity contribution in [2.75, 3.05) is 30.3 Å². The largest absolute Gasteiger partial charge is 0.494 e. The zero-order chi connectivity index (χ0) is 18.6. The molecule has 3 nitrogen and oxygen atoms in total. The Kier molecular flexibility index (Phi) is 8.88. The van der Waals surface area contributed by atoms with Crippen molar-refractivity contribution in [3.63, 3.8) is 0 Å². The molecule has 0 unspecified atom stereocenters. The Morgan fingerprint density at radius 1 is 0.846 bits per heavy atom. The molecule has 2 aromatic rings. The first kappa shape index (κ1) is 20.2. The Hall–Kier alpha value is -2.16. The van der Waals surface area contributed by atoms with Gasteiger partial charge >= 0.3 is 0 Å². The lowest BCUT2D eigenvalue weighted by molar-refractivity contribution is 0.304. The van der Waals surface area contributed by atoms with Crippen LogP contribution < -0.4 is 15.4 Å². The Morgan fingerprint density at radius 2 is 1.62 bits per heavy atom. The average Bonchev–Trinajstić information content (AvgIpc) is 2.65. The van der Waals surface area contributed by atoms with Crippen LogP contribution in [0.5, 0.6) is 5.75 Å². The summed E-state index contributed by atoms with van der Waals surface area (Å²) in [5.74, 6) is 0.952. The molecule has 0 aromatic heterocycles. The molecule has 0 saturated carbocycles. The van der Waals surface area contributed by atoms with E-state index in [2.05, 4.69) is 61.7 Å². The fraction of sp³-hybridized carbons (Fsp3) is 0.478. The lowest BCUT2D eigenvalue weighted by atomic mass is 10.1. The van der Waals surface area contributed by atoms with Crippen LogP contribution in [0.1, 0.15) is 50.2 Å². The van der Waals surface area contributed by atoms with Gasteiger partial charge in [0.2, 0.25) is 0 Å². The third kappa shape index (κ3) is 6.99. The van der Waals surface area contributed by atoms with Crippen LogP contribution in [0.3, 0.4) is 0 Å². The molecule has 142 valence electrons. The topological polar surface area (TPSA) is 33.3 Å². The predicted octanol–water partition coefficient (Wildman–Crippen LogP) is 6.18. The van der Waals surface area contributed by atoms with Gasteiger partial charge in [-0.3, -0.25) is 0 Å². The highest BCUT2D eigenvalue weighted by atomic mass is 16.5. The molecule has 2 N–H and O–H groups in total. The molecule has 0 fully saturated rings. The molecular formula is C23H34N2O. The van der Waals surface area contributed by atoms with Crippen molar-refractivity contribution in [2.45, 2.75) is 52.9 Å². The minimum atomic E-state index is 0.807. The highest BCUT2D eigenvalue weighted by Gasteiger charge is 2.00. The molecule has 0 amide bonds. The molecule has 0 aliphatic carbocycles. The third-order valence-corrected chi connectivity index (χ3v) is 4.72. The first-order chi connectivity index (χ1) is 12.7. The highest BCUT2D eigenvalue weighted by molar-refractivity contribution is 5.54. The zero-order valence-corrected chi connectivity index (χ0v) is 16.6. The van der Waals surface area contributed by atoms with Gasteiger partial charge in [0, 0.05) is 30.5 Å². The number of anilines is 2. The number of aryl methyl sites for hydroxylation is 1. The lowest BCUT2D eigenvalue weighted by Crippen LogP contribution is -2.14. The zero-order valence-electron chi connectivity index (χ0n) is 16.6. The summed E-state index contributed by atoms with van der Waals surface area (Å²) in [5.41, 5.74) is 4.97. The average molecular weight is 355 g/mol. The molecule has 26 heavy (non-hydrogen) atoms. The van der Waals surface area contributed by atoms with E-state index in [9.17, 15) is 0 Å². The van der Waals surface area contributed by atoms with E-state index < -0.39 is 0 Å². The van der Waals surface area contributed by atoms with E-state index >= 15 is 0 Å². The van der Waals surface area contributed by atoms with E-state index in [0.29, 0.717) is 0 Å². The van der Waals surface area contributed by atoms with Gasteiger partial charge in [0.25, 0.3) is 0 Å². The van der Waals surface area contributed by atoms with Gasteiger partial charge in [-0.2, -0.15) is 0 Å². The first-order valence-corrected chi connectivity index (χ1v) is 9.97. The van der Waals surface area contributed by atoms with Gasteiger partial charge in [-0.25, -0.2) is 0 Å². The predicted molar refractivity (Wildman–Crippen MR) is 114 cm³/mol. The van der Waals surface area contributed by atoms with E-state index in [1.165, 1.54) is 42.5 Å². The summed E-state index contributed by atoms with van der Waals surface area (Å²) < 4.78 is 5.88. The van der Waals surface area contributed by atoms with Gasteiger partial charge in [-0.05, 0) is 49.6 Å². The number of hydrogen-bond acceptors (Lipinski definition) is 3. The van der Waals surface area contributed by atoms with Gasteiger partial charge in [-0.1, -0.05) is 50.8 Å². The fourth-order valence-corrected chi connectivity index (χ4v) is 2.94. The molecule has 0 aliphatic rings. The number of nitrogens with one attached hydrogen (secondary N) is 2. The van der Waals surface area contributed by atoms with E-state index in [1.807, 2.05) is 12.1 Å². The van der Waals surface area contributed by atoms with E-state index in [-0.39, 0.29) is 0 Å². The van der Waals surface area contributed by atoms with Crippen LogP contribution in [-0.2, 0) is 0 Å². The molecule has 2 rings (SSSR count). The van der Waals surface area contributed by atoms with Crippen molar-refractivity contribution in [3.8, 4) is 5.75 Å². The summed E-state index contributed by atoms with van der Waals surface area (Å²) >= 11 is 0. The second kappa shape index (κ2) is 11.5. The van der Waals surface area contributed by atoms with Gasteiger partial charge in [0.1, 0.15) is 5.75 Å². The maximum atomic E-state index is 5.88. The summed E-state index contributed by atoms with van der Waals surface area (Å²) in [4.78, 5) is 0. The van der Waals surface area contributed by atoms with Crippen LogP contribution in [0.15, 0.2) is 42.5 Å². The molecule has 0 atom stereocenters. The van der Waals surface area contributed by atoms with Crippen LogP contribution >= 0.6 is 0 Å². The molecule has 0 bridgehead atoms. The van der Waals surface area contributed by atoms with E-state index in [4.69, 9.17) is 4.74 Å². The van der Waals surface area contributed by atoms with Crippen molar-refractivity contribution >= 4 is 11.4 Å². The van der Waals surface area contributed by atoms with Crippen LogP contribution in [0, 0.1) is 13.8 Å². The van der Waals surface area contributed by atoms with Crippen molar-refractivity contribution in [1.29, 1.82) is 0 Å². The Balaban J connectivity index is 1.68. The summed E-state index contributed by atoms with van der Waals surface area (Å²) in [6.07, 6.45) is 6.32. The van der Waals surface area contributed by atoms with Crippen LogP contribution in [0.4, 0.5) is 11.4 Å².